The lowest BCUT2D eigenvalue weighted by Gasteiger charge is -2.29. The van der Waals surface area contributed by atoms with Gasteiger partial charge in [-0.05, 0) is 29.6 Å². The van der Waals surface area contributed by atoms with Crippen LogP contribution in [0.5, 0.6) is 0 Å². The van der Waals surface area contributed by atoms with Crippen molar-refractivity contribution >= 4 is 0 Å². The molecule has 0 spiro atoms. The van der Waals surface area contributed by atoms with Gasteiger partial charge in [0.2, 0.25) is 0 Å². The second-order valence-electron chi connectivity index (χ2n) is 6.03. The first-order valence-electron chi connectivity index (χ1n) is 6.90. The minimum atomic E-state index is 0.825. The Morgan fingerprint density at radius 2 is 1.27 bits per heavy atom. The second kappa shape index (κ2) is 7.30. The molecule has 0 amide bonds. The van der Waals surface area contributed by atoms with E-state index in [-0.39, 0.29) is 0 Å². The molecule has 0 saturated heterocycles. The third kappa shape index (κ3) is 5.58. The lowest BCUT2D eigenvalue weighted by Crippen LogP contribution is -2.21. The number of rotatable bonds is 7. The first-order chi connectivity index (χ1) is 6.90. The van der Waals surface area contributed by atoms with Crippen LogP contribution in [0.25, 0.3) is 0 Å². The molecule has 0 nitrogen and oxygen atoms in total. The highest BCUT2D eigenvalue weighted by molar-refractivity contribution is 4.71. The minimum absolute atomic E-state index is 0.825. The van der Waals surface area contributed by atoms with E-state index in [1.54, 1.807) is 0 Å². The van der Waals surface area contributed by atoms with Gasteiger partial charge in [0.05, 0.1) is 0 Å². The van der Waals surface area contributed by atoms with Gasteiger partial charge < -0.3 is 0 Å². The molecule has 0 aromatic carbocycles. The van der Waals surface area contributed by atoms with Crippen LogP contribution < -0.4 is 0 Å². The molecular formula is C15H32. The van der Waals surface area contributed by atoms with Crippen molar-refractivity contribution in [3.8, 4) is 0 Å². The third-order valence-corrected chi connectivity index (χ3v) is 4.59. The van der Waals surface area contributed by atoms with Crippen molar-refractivity contribution in [2.75, 3.05) is 0 Å². The lowest BCUT2D eigenvalue weighted by molar-refractivity contribution is 0.206. The molecule has 0 radical (unpaired) electrons. The van der Waals surface area contributed by atoms with Crippen LogP contribution in [0.4, 0.5) is 0 Å². The number of hydrogen-bond donors (Lipinski definition) is 0. The summed E-state index contributed by atoms with van der Waals surface area (Å²) in [6.45, 7) is 16.7. The van der Waals surface area contributed by atoms with Crippen molar-refractivity contribution < 1.29 is 0 Å². The van der Waals surface area contributed by atoms with Gasteiger partial charge in [0, 0.05) is 0 Å². The zero-order chi connectivity index (χ0) is 12.0. The van der Waals surface area contributed by atoms with Crippen LogP contribution in [0.1, 0.15) is 67.7 Å². The first kappa shape index (κ1) is 15.0. The summed E-state index contributed by atoms with van der Waals surface area (Å²) in [5, 5.41) is 0. The Morgan fingerprint density at radius 3 is 1.67 bits per heavy atom. The van der Waals surface area contributed by atoms with Crippen LogP contribution in [0.15, 0.2) is 0 Å². The average molecular weight is 212 g/mol. The molecule has 0 saturated carbocycles. The zero-order valence-corrected chi connectivity index (χ0v) is 12.0. The van der Waals surface area contributed by atoms with Crippen LogP contribution in [-0.2, 0) is 0 Å². The Kier molecular flexibility index (Phi) is 7.30. The predicted octanol–water partition coefficient (Wildman–Crippen LogP) is 5.38. The standard InChI is InChI=1S/C15H32/c1-8-12(4)9-10-13(5)15(7)14(6)11(2)3/h11-15H,8-10H2,1-7H3. The highest BCUT2D eigenvalue weighted by atomic mass is 14.3. The van der Waals surface area contributed by atoms with Crippen molar-refractivity contribution in [3.63, 3.8) is 0 Å². The smallest absolute Gasteiger partial charge is 0.0389 e. The molecule has 4 atom stereocenters. The molecule has 0 fully saturated rings. The van der Waals surface area contributed by atoms with E-state index in [1.165, 1.54) is 19.3 Å². The molecule has 0 heterocycles. The highest BCUT2D eigenvalue weighted by Gasteiger charge is 2.21. The van der Waals surface area contributed by atoms with E-state index in [1.807, 2.05) is 0 Å². The molecule has 0 bridgehead atoms. The summed E-state index contributed by atoms with van der Waals surface area (Å²) in [6.07, 6.45) is 4.15. The lowest BCUT2D eigenvalue weighted by atomic mass is 9.77. The molecule has 4 unspecified atom stereocenters. The summed E-state index contributed by atoms with van der Waals surface area (Å²) < 4.78 is 0. The maximum atomic E-state index is 2.44. The van der Waals surface area contributed by atoms with Crippen LogP contribution in [-0.4, -0.2) is 0 Å². The van der Waals surface area contributed by atoms with Crippen molar-refractivity contribution in [3.05, 3.63) is 0 Å². The summed E-state index contributed by atoms with van der Waals surface area (Å²) >= 11 is 0. The van der Waals surface area contributed by atoms with Crippen LogP contribution in [0.3, 0.4) is 0 Å². The molecule has 0 aliphatic rings. The second-order valence-corrected chi connectivity index (χ2v) is 6.03. The Labute approximate surface area is 97.8 Å². The van der Waals surface area contributed by atoms with E-state index < -0.39 is 0 Å². The monoisotopic (exact) mass is 212 g/mol. The predicted molar refractivity (Wildman–Crippen MR) is 71.0 cm³/mol. The molecule has 0 N–H and O–H groups in total. The normalized spacial score (nSPS) is 20.0. The van der Waals surface area contributed by atoms with E-state index in [0.29, 0.717) is 0 Å². The largest absolute Gasteiger partial charge is 0.0651 e. The SMILES string of the molecule is CCC(C)CCC(C)C(C)C(C)C(C)C. The van der Waals surface area contributed by atoms with Gasteiger partial charge in [-0.15, -0.1) is 0 Å². The van der Waals surface area contributed by atoms with E-state index >= 15 is 0 Å². The maximum Gasteiger partial charge on any atom is -0.0389 e. The maximum absolute atomic E-state index is 2.44. The van der Waals surface area contributed by atoms with Gasteiger partial charge in [-0.25, -0.2) is 0 Å². The van der Waals surface area contributed by atoms with Gasteiger partial charge in [0.15, 0.2) is 0 Å². The van der Waals surface area contributed by atoms with Gasteiger partial charge in [0.1, 0.15) is 0 Å². The highest BCUT2D eigenvalue weighted by Crippen LogP contribution is 2.30. The van der Waals surface area contributed by atoms with Gasteiger partial charge in [-0.1, -0.05) is 67.7 Å². The van der Waals surface area contributed by atoms with E-state index in [0.717, 1.165) is 29.6 Å². The molecule has 0 aliphatic carbocycles. The zero-order valence-electron chi connectivity index (χ0n) is 12.0. The van der Waals surface area contributed by atoms with Crippen molar-refractivity contribution in [1.29, 1.82) is 0 Å². The Balaban J connectivity index is 3.93. The molecule has 0 heteroatoms. The Morgan fingerprint density at radius 1 is 0.733 bits per heavy atom. The van der Waals surface area contributed by atoms with Crippen molar-refractivity contribution in [2.45, 2.75) is 67.7 Å². The van der Waals surface area contributed by atoms with Gasteiger partial charge in [-0.3, -0.25) is 0 Å². The van der Waals surface area contributed by atoms with Crippen LogP contribution in [0.2, 0.25) is 0 Å². The van der Waals surface area contributed by atoms with E-state index in [9.17, 15) is 0 Å². The first-order valence-corrected chi connectivity index (χ1v) is 6.90. The summed E-state index contributed by atoms with van der Waals surface area (Å²) in [7, 11) is 0. The molecular weight excluding hydrogens is 180 g/mol. The van der Waals surface area contributed by atoms with Crippen molar-refractivity contribution in [2.24, 2.45) is 29.6 Å². The van der Waals surface area contributed by atoms with Gasteiger partial charge in [0.25, 0.3) is 0 Å². The quantitative estimate of drug-likeness (QED) is 0.531. The topological polar surface area (TPSA) is 0 Å². The fourth-order valence-corrected chi connectivity index (χ4v) is 2.14. The molecule has 0 aromatic heterocycles. The minimum Gasteiger partial charge on any atom is -0.0651 e. The fourth-order valence-electron chi connectivity index (χ4n) is 2.14. The molecule has 0 aliphatic heterocycles. The third-order valence-electron chi connectivity index (χ3n) is 4.59. The summed E-state index contributed by atoms with van der Waals surface area (Å²) in [6, 6.07) is 0. The van der Waals surface area contributed by atoms with E-state index in [4.69, 9.17) is 0 Å². The number of hydrogen-bond acceptors (Lipinski definition) is 0. The van der Waals surface area contributed by atoms with Crippen molar-refractivity contribution in [1.82, 2.24) is 0 Å². The Bertz CT molecular complexity index is 148. The molecule has 0 aromatic rings. The van der Waals surface area contributed by atoms with Gasteiger partial charge in [-0.2, -0.15) is 0 Å². The Hall–Kier alpha value is 0. The van der Waals surface area contributed by atoms with E-state index in [2.05, 4.69) is 48.5 Å². The summed E-state index contributed by atoms with van der Waals surface area (Å²) in [5.74, 6) is 4.35. The molecule has 92 valence electrons. The van der Waals surface area contributed by atoms with Crippen LogP contribution >= 0.6 is 0 Å². The van der Waals surface area contributed by atoms with Gasteiger partial charge >= 0.3 is 0 Å². The fraction of sp³-hybridized carbons (Fsp3) is 1.00. The summed E-state index contributed by atoms with van der Waals surface area (Å²) in [5.41, 5.74) is 0. The van der Waals surface area contributed by atoms with Crippen LogP contribution in [0, 0.1) is 29.6 Å². The molecule has 0 rings (SSSR count). The average Bonchev–Trinajstić information content (AvgIpc) is 2.22. The molecule has 15 heavy (non-hydrogen) atoms. The summed E-state index contributed by atoms with van der Waals surface area (Å²) in [4.78, 5) is 0.